The van der Waals surface area contributed by atoms with Gasteiger partial charge in [-0.05, 0) is 57.1 Å². The molecule has 2 aliphatic rings. The number of benzene rings is 1. The van der Waals surface area contributed by atoms with Crippen LogP contribution in [0.15, 0.2) is 28.8 Å². The van der Waals surface area contributed by atoms with E-state index in [4.69, 9.17) is 4.52 Å². The molecule has 26 heavy (non-hydrogen) atoms. The highest BCUT2D eigenvalue weighted by molar-refractivity contribution is 5.97. The van der Waals surface area contributed by atoms with E-state index in [2.05, 4.69) is 10.1 Å². The fraction of sp³-hybridized carbons (Fsp3) is 0.500. The Kier molecular flexibility index (Phi) is 4.13. The second-order valence-corrected chi connectivity index (χ2v) is 7.71. The molecule has 2 aromatic rings. The van der Waals surface area contributed by atoms with Crippen molar-refractivity contribution in [1.29, 1.82) is 0 Å². The number of amides is 1. The first-order valence-corrected chi connectivity index (χ1v) is 9.16. The number of ketones is 1. The first-order chi connectivity index (χ1) is 12.5. The molecule has 2 fully saturated rings. The Morgan fingerprint density at radius 2 is 1.73 bits per heavy atom. The number of carbonyl (C=O) groups excluding carboxylic acids is 2. The van der Waals surface area contributed by atoms with Crippen LogP contribution in [0.25, 0.3) is 0 Å². The molecule has 0 N–H and O–H groups in total. The molecule has 6 nitrogen and oxygen atoms in total. The van der Waals surface area contributed by atoms with Crippen LogP contribution in [0.3, 0.4) is 0 Å². The first kappa shape index (κ1) is 16.9. The summed E-state index contributed by atoms with van der Waals surface area (Å²) in [7, 11) is 0. The third-order valence-electron chi connectivity index (χ3n) is 5.90. The Morgan fingerprint density at radius 3 is 2.27 bits per heavy atom. The quantitative estimate of drug-likeness (QED) is 0.791. The highest BCUT2D eigenvalue weighted by Gasteiger charge is 2.48. The summed E-state index contributed by atoms with van der Waals surface area (Å²) in [6.07, 6.45) is 4.19. The van der Waals surface area contributed by atoms with Crippen LogP contribution in [0.4, 0.5) is 0 Å². The fourth-order valence-electron chi connectivity index (χ4n) is 4.26. The van der Waals surface area contributed by atoms with Gasteiger partial charge in [-0.3, -0.25) is 9.59 Å². The Hall–Kier alpha value is -2.50. The van der Waals surface area contributed by atoms with Crippen molar-refractivity contribution in [1.82, 2.24) is 15.0 Å². The third-order valence-corrected chi connectivity index (χ3v) is 5.90. The molecule has 2 heterocycles. The molecule has 4 rings (SSSR count). The standard InChI is InChI=1S/C20H23N3O3/c1-13(24)15-3-5-16(6-4-15)19(25)23-9-7-20(8-10-23)11-17(12-20)18-21-14(2)22-26-18/h3-6,17H,7-12H2,1-2H3. The Bertz CT molecular complexity index is 824. The van der Waals surface area contributed by atoms with E-state index in [0.717, 1.165) is 44.7 Å². The number of hydrogen-bond acceptors (Lipinski definition) is 5. The maximum atomic E-state index is 12.7. The summed E-state index contributed by atoms with van der Waals surface area (Å²) < 4.78 is 5.30. The molecule has 1 aliphatic carbocycles. The van der Waals surface area contributed by atoms with Gasteiger partial charge in [-0.1, -0.05) is 17.3 Å². The van der Waals surface area contributed by atoms with Gasteiger partial charge in [0.15, 0.2) is 11.6 Å². The minimum Gasteiger partial charge on any atom is -0.339 e. The molecule has 0 unspecified atom stereocenters. The van der Waals surface area contributed by atoms with Crippen molar-refractivity contribution in [2.24, 2.45) is 5.41 Å². The van der Waals surface area contributed by atoms with Gasteiger partial charge in [0.2, 0.25) is 5.89 Å². The lowest BCUT2D eigenvalue weighted by molar-refractivity contribution is 0.00801. The normalized spacial score (nSPS) is 19.4. The van der Waals surface area contributed by atoms with Crippen LogP contribution >= 0.6 is 0 Å². The maximum absolute atomic E-state index is 12.7. The van der Waals surface area contributed by atoms with Crippen molar-refractivity contribution < 1.29 is 14.1 Å². The summed E-state index contributed by atoms with van der Waals surface area (Å²) in [6.45, 7) is 4.93. The zero-order valence-electron chi connectivity index (χ0n) is 15.2. The van der Waals surface area contributed by atoms with Crippen molar-refractivity contribution in [3.8, 4) is 0 Å². The second-order valence-electron chi connectivity index (χ2n) is 7.71. The lowest BCUT2D eigenvalue weighted by atomic mass is 9.57. The number of Topliss-reactive ketones (excluding diaryl/α,β-unsaturated/α-hetero) is 1. The zero-order chi connectivity index (χ0) is 18.3. The summed E-state index contributed by atoms with van der Waals surface area (Å²) in [6, 6.07) is 6.95. The maximum Gasteiger partial charge on any atom is 0.253 e. The molecule has 0 bridgehead atoms. The summed E-state index contributed by atoms with van der Waals surface area (Å²) in [5, 5.41) is 3.88. The minimum atomic E-state index is 0.0138. The van der Waals surface area contributed by atoms with E-state index >= 15 is 0 Å². The van der Waals surface area contributed by atoms with Crippen LogP contribution in [0.5, 0.6) is 0 Å². The lowest BCUT2D eigenvalue weighted by Crippen LogP contribution is -2.48. The number of piperidine rings is 1. The highest BCUT2D eigenvalue weighted by Crippen LogP contribution is 2.56. The van der Waals surface area contributed by atoms with Gasteiger partial charge < -0.3 is 9.42 Å². The molecule has 0 atom stereocenters. The number of likely N-dealkylation sites (tertiary alicyclic amines) is 1. The number of aryl methyl sites for hydroxylation is 1. The molecule has 1 spiro atoms. The molecule has 6 heteroatoms. The van der Waals surface area contributed by atoms with Crippen LogP contribution < -0.4 is 0 Å². The molecular weight excluding hydrogens is 330 g/mol. The first-order valence-electron chi connectivity index (χ1n) is 9.16. The second kappa shape index (κ2) is 6.34. The molecule has 1 saturated carbocycles. The van der Waals surface area contributed by atoms with Crippen LogP contribution in [-0.2, 0) is 0 Å². The zero-order valence-corrected chi connectivity index (χ0v) is 15.2. The predicted molar refractivity (Wildman–Crippen MR) is 95.0 cm³/mol. The highest BCUT2D eigenvalue weighted by atomic mass is 16.5. The number of rotatable bonds is 3. The number of carbonyl (C=O) groups is 2. The van der Waals surface area contributed by atoms with Gasteiger partial charge in [0.05, 0.1) is 0 Å². The van der Waals surface area contributed by atoms with Gasteiger partial charge in [0.25, 0.3) is 5.91 Å². The lowest BCUT2D eigenvalue weighted by Gasteiger charge is -2.51. The van der Waals surface area contributed by atoms with Crippen LogP contribution in [0, 0.1) is 12.3 Å². The van der Waals surface area contributed by atoms with Crippen molar-refractivity contribution >= 4 is 11.7 Å². The number of nitrogens with zero attached hydrogens (tertiary/aromatic N) is 3. The summed E-state index contributed by atoms with van der Waals surface area (Å²) in [4.78, 5) is 30.3. The minimum absolute atomic E-state index is 0.0138. The molecule has 0 radical (unpaired) electrons. The number of hydrogen-bond donors (Lipinski definition) is 0. The average Bonchev–Trinajstić information content (AvgIpc) is 3.05. The topological polar surface area (TPSA) is 76.3 Å². The monoisotopic (exact) mass is 353 g/mol. The van der Waals surface area contributed by atoms with E-state index in [-0.39, 0.29) is 11.7 Å². The van der Waals surface area contributed by atoms with Crippen molar-refractivity contribution in [2.75, 3.05) is 13.1 Å². The van der Waals surface area contributed by atoms with Crippen molar-refractivity contribution in [3.05, 3.63) is 47.1 Å². The Balaban J connectivity index is 1.34. The van der Waals surface area contributed by atoms with E-state index in [1.54, 1.807) is 24.3 Å². The third kappa shape index (κ3) is 3.04. The molecule has 1 aromatic carbocycles. The summed E-state index contributed by atoms with van der Waals surface area (Å²) in [5.41, 5.74) is 1.61. The van der Waals surface area contributed by atoms with Gasteiger partial charge >= 0.3 is 0 Å². The smallest absolute Gasteiger partial charge is 0.253 e. The van der Waals surface area contributed by atoms with Crippen LogP contribution in [0.1, 0.15) is 71.0 Å². The average molecular weight is 353 g/mol. The largest absolute Gasteiger partial charge is 0.339 e. The predicted octanol–water partition coefficient (Wildman–Crippen LogP) is 3.38. The van der Waals surface area contributed by atoms with Gasteiger partial charge in [-0.25, -0.2) is 0 Å². The fourth-order valence-corrected chi connectivity index (χ4v) is 4.26. The van der Waals surface area contributed by atoms with E-state index < -0.39 is 0 Å². The van der Waals surface area contributed by atoms with Gasteiger partial charge in [-0.15, -0.1) is 0 Å². The SMILES string of the molecule is CC(=O)c1ccc(C(=O)N2CCC3(CC2)CC(c2nc(C)no2)C3)cc1. The van der Waals surface area contributed by atoms with Gasteiger partial charge in [0.1, 0.15) is 0 Å². The Morgan fingerprint density at radius 1 is 1.12 bits per heavy atom. The summed E-state index contributed by atoms with van der Waals surface area (Å²) in [5.74, 6) is 1.89. The van der Waals surface area contributed by atoms with Crippen LogP contribution in [0.2, 0.25) is 0 Å². The molecule has 1 aromatic heterocycles. The molecule has 1 saturated heterocycles. The van der Waals surface area contributed by atoms with E-state index in [9.17, 15) is 9.59 Å². The number of aromatic nitrogens is 2. The van der Waals surface area contributed by atoms with Gasteiger partial charge in [0, 0.05) is 30.1 Å². The Labute approximate surface area is 152 Å². The molecule has 1 aliphatic heterocycles. The summed E-state index contributed by atoms with van der Waals surface area (Å²) >= 11 is 0. The van der Waals surface area contributed by atoms with E-state index in [0.29, 0.717) is 28.3 Å². The van der Waals surface area contributed by atoms with Crippen molar-refractivity contribution in [3.63, 3.8) is 0 Å². The molecular formula is C20H23N3O3. The van der Waals surface area contributed by atoms with E-state index in [1.807, 2.05) is 11.8 Å². The van der Waals surface area contributed by atoms with Crippen LogP contribution in [-0.4, -0.2) is 39.8 Å². The molecule has 136 valence electrons. The molecule has 1 amide bonds. The van der Waals surface area contributed by atoms with Gasteiger partial charge in [-0.2, -0.15) is 4.98 Å². The van der Waals surface area contributed by atoms with E-state index in [1.165, 1.54) is 6.92 Å². The van der Waals surface area contributed by atoms with Crippen molar-refractivity contribution in [2.45, 2.75) is 45.4 Å².